The number of aromatic nitrogens is 2. The van der Waals surface area contributed by atoms with E-state index in [1.54, 1.807) is 0 Å². The highest BCUT2D eigenvalue weighted by Gasteiger charge is 2.37. The lowest BCUT2D eigenvalue weighted by Gasteiger charge is -2.24. The first-order chi connectivity index (χ1) is 12.2. The topological polar surface area (TPSA) is 41.3 Å². The number of hydrogen-bond donors (Lipinski definition) is 1. The molecule has 0 amide bonds. The summed E-state index contributed by atoms with van der Waals surface area (Å²) < 4.78 is 2.19. The Morgan fingerprint density at radius 3 is 2.44 bits per heavy atom. The molecular weight excluding hydrogens is 310 g/mol. The minimum atomic E-state index is -0.745. The second kappa shape index (κ2) is 6.82. The predicted molar refractivity (Wildman–Crippen MR) is 98.0 cm³/mol. The maximum absolute atomic E-state index is 11.0. The summed E-state index contributed by atoms with van der Waals surface area (Å²) in [5.41, 5.74) is 2.71. The van der Waals surface area contributed by atoms with E-state index in [4.69, 9.17) is 0 Å². The third-order valence-electron chi connectivity index (χ3n) is 5.02. The fourth-order valence-corrected chi connectivity index (χ4v) is 3.62. The first-order valence-corrected chi connectivity index (χ1v) is 8.76. The van der Waals surface area contributed by atoms with Crippen molar-refractivity contribution >= 4 is 0 Å². The number of β-amino-alcohol motifs (C(OH)–C–C–N with tert-alkyl or cyclic N) is 1. The number of imidazole rings is 1. The SMILES string of the molecule is OC1(c2ccccc2)CCN(Cc2cncn2Cc2ccccc2)C1. The normalized spacial score (nSPS) is 20.8. The van der Waals surface area contributed by atoms with Gasteiger partial charge in [0.2, 0.25) is 0 Å². The minimum Gasteiger partial charge on any atom is -0.384 e. The number of rotatable bonds is 5. The van der Waals surface area contributed by atoms with Crippen molar-refractivity contribution in [3.05, 3.63) is 90.0 Å². The van der Waals surface area contributed by atoms with E-state index >= 15 is 0 Å². The second-order valence-corrected chi connectivity index (χ2v) is 6.86. The van der Waals surface area contributed by atoms with Crippen molar-refractivity contribution in [2.45, 2.75) is 25.1 Å². The number of likely N-dealkylation sites (tertiary alicyclic amines) is 1. The van der Waals surface area contributed by atoms with Crippen LogP contribution < -0.4 is 0 Å². The van der Waals surface area contributed by atoms with Gasteiger partial charge in [0, 0.05) is 32.4 Å². The van der Waals surface area contributed by atoms with Crippen LogP contribution in [0.1, 0.15) is 23.2 Å². The van der Waals surface area contributed by atoms with Gasteiger partial charge < -0.3 is 9.67 Å². The van der Waals surface area contributed by atoms with Gasteiger partial charge in [0.25, 0.3) is 0 Å². The van der Waals surface area contributed by atoms with Crippen LogP contribution in [0.2, 0.25) is 0 Å². The molecule has 4 rings (SSSR count). The zero-order valence-corrected chi connectivity index (χ0v) is 14.3. The number of hydrogen-bond acceptors (Lipinski definition) is 3. The average Bonchev–Trinajstić information content (AvgIpc) is 3.25. The van der Waals surface area contributed by atoms with E-state index in [0.29, 0.717) is 6.54 Å². The van der Waals surface area contributed by atoms with Crippen molar-refractivity contribution in [2.75, 3.05) is 13.1 Å². The lowest BCUT2D eigenvalue weighted by atomic mass is 9.93. The van der Waals surface area contributed by atoms with Gasteiger partial charge in [0.15, 0.2) is 0 Å². The lowest BCUT2D eigenvalue weighted by Crippen LogP contribution is -2.31. The van der Waals surface area contributed by atoms with Gasteiger partial charge in [-0.2, -0.15) is 0 Å². The van der Waals surface area contributed by atoms with Gasteiger partial charge in [-0.05, 0) is 17.5 Å². The molecule has 2 aromatic carbocycles. The quantitative estimate of drug-likeness (QED) is 0.780. The van der Waals surface area contributed by atoms with Crippen LogP contribution in [0.15, 0.2) is 73.2 Å². The maximum atomic E-state index is 11.0. The summed E-state index contributed by atoms with van der Waals surface area (Å²) in [6, 6.07) is 20.4. The minimum absolute atomic E-state index is 0.660. The molecule has 1 atom stereocenters. The summed E-state index contributed by atoms with van der Waals surface area (Å²) in [5, 5.41) is 11.0. The van der Waals surface area contributed by atoms with Crippen LogP contribution in [0.3, 0.4) is 0 Å². The molecule has 1 fully saturated rings. The molecule has 1 aliphatic rings. The highest BCUT2D eigenvalue weighted by Crippen LogP contribution is 2.32. The van der Waals surface area contributed by atoms with Crippen LogP contribution in [0.4, 0.5) is 0 Å². The molecule has 1 saturated heterocycles. The van der Waals surface area contributed by atoms with E-state index in [1.807, 2.05) is 48.9 Å². The molecule has 0 bridgehead atoms. The largest absolute Gasteiger partial charge is 0.384 e. The highest BCUT2D eigenvalue weighted by atomic mass is 16.3. The summed E-state index contributed by atoms with van der Waals surface area (Å²) >= 11 is 0. The number of benzene rings is 2. The third-order valence-corrected chi connectivity index (χ3v) is 5.02. The molecule has 0 spiro atoms. The van der Waals surface area contributed by atoms with Gasteiger partial charge in [-0.25, -0.2) is 4.98 Å². The molecule has 0 aliphatic carbocycles. The molecule has 1 unspecified atom stereocenters. The fourth-order valence-electron chi connectivity index (χ4n) is 3.62. The molecule has 128 valence electrons. The fraction of sp³-hybridized carbons (Fsp3) is 0.286. The van der Waals surface area contributed by atoms with E-state index in [0.717, 1.165) is 31.6 Å². The number of nitrogens with zero attached hydrogens (tertiary/aromatic N) is 3. The first kappa shape index (κ1) is 16.1. The molecule has 3 aromatic rings. The van der Waals surface area contributed by atoms with Gasteiger partial charge in [-0.1, -0.05) is 60.7 Å². The summed E-state index contributed by atoms with van der Waals surface area (Å²) in [6.45, 7) is 3.18. The molecule has 25 heavy (non-hydrogen) atoms. The Bertz CT molecular complexity index is 815. The van der Waals surface area contributed by atoms with Crippen molar-refractivity contribution in [3.63, 3.8) is 0 Å². The van der Waals surface area contributed by atoms with E-state index in [1.165, 1.54) is 11.3 Å². The second-order valence-electron chi connectivity index (χ2n) is 6.86. The van der Waals surface area contributed by atoms with Crippen molar-refractivity contribution < 1.29 is 5.11 Å². The lowest BCUT2D eigenvalue weighted by molar-refractivity contribution is 0.0450. The standard InChI is InChI=1S/C21H23N3O/c25-21(19-9-5-2-6-10-19)11-12-23(16-21)15-20-13-22-17-24(20)14-18-7-3-1-4-8-18/h1-10,13,17,25H,11-12,14-16H2. The van der Waals surface area contributed by atoms with Gasteiger partial charge in [0.05, 0.1) is 12.0 Å². The van der Waals surface area contributed by atoms with Gasteiger partial charge >= 0.3 is 0 Å². The molecule has 1 aromatic heterocycles. The van der Waals surface area contributed by atoms with Crippen LogP contribution in [0.25, 0.3) is 0 Å². The van der Waals surface area contributed by atoms with Crippen LogP contribution in [0, 0.1) is 0 Å². The molecule has 2 heterocycles. The molecule has 0 radical (unpaired) electrons. The summed E-state index contributed by atoms with van der Waals surface area (Å²) in [5.74, 6) is 0. The number of aliphatic hydroxyl groups is 1. The van der Waals surface area contributed by atoms with Crippen molar-refractivity contribution in [3.8, 4) is 0 Å². The first-order valence-electron chi connectivity index (χ1n) is 8.76. The van der Waals surface area contributed by atoms with E-state index in [2.05, 4.69) is 38.7 Å². The van der Waals surface area contributed by atoms with Crippen LogP contribution in [-0.2, 0) is 18.7 Å². The Hall–Kier alpha value is -2.43. The van der Waals surface area contributed by atoms with Crippen LogP contribution in [0.5, 0.6) is 0 Å². The average molecular weight is 333 g/mol. The van der Waals surface area contributed by atoms with Gasteiger partial charge in [-0.3, -0.25) is 4.90 Å². The van der Waals surface area contributed by atoms with E-state index in [9.17, 15) is 5.11 Å². The zero-order chi connectivity index (χ0) is 17.1. The summed E-state index contributed by atoms with van der Waals surface area (Å²) in [7, 11) is 0. The molecular formula is C21H23N3O. The Morgan fingerprint density at radius 2 is 1.68 bits per heavy atom. The van der Waals surface area contributed by atoms with E-state index in [-0.39, 0.29) is 0 Å². The van der Waals surface area contributed by atoms with Crippen LogP contribution >= 0.6 is 0 Å². The third kappa shape index (κ3) is 3.50. The Balaban J connectivity index is 1.45. The molecule has 1 N–H and O–H groups in total. The highest BCUT2D eigenvalue weighted by molar-refractivity contribution is 5.24. The van der Waals surface area contributed by atoms with Crippen molar-refractivity contribution in [1.82, 2.24) is 14.5 Å². The van der Waals surface area contributed by atoms with E-state index < -0.39 is 5.60 Å². The van der Waals surface area contributed by atoms with Gasteiger partial charge in [0.1, 0.15) is 5.60 Å². The van der Waals surface area contributed by atoms with Gasteiger partial charge in [-0.15, -0.1) is 0 Å². The predicted octanol–water partition coefficient (Wildman–Crippen LogP) is 3.02. The van der Waals surface area contributed by atoms with Crippen molar-refractivity contribution in [2.24, 2.45) is 0 Å². The molecule has 4 nitrogen and oxygen atoms in total. The van der Waals surface area contributed by atoms with Crippen molar-refractivity contribution in [1.29, 1.82) is 0 Å². The monoisotopic (exact) mass is 333 g/mol. The smallest absolute Gasteiger partial charge is 0.103 e. The van der Waals surface area contributed by atoms with Crippen LogP contribution in [-0.4, -0.2) is 32.6 Å². The molecule has 1 aliphatic heterocycles. The molecule has 4 heteroatoms. The Labute approximate surface area is 148 Å². The maximum Gasteiger partial charge on any atom is 0.103 e. The molecule has 0 saturated carbocycles. The summed E-state index contributed by atoms with van der Waals surface area (Å²) in [6.07, 6.45) is 4.59. The summed E-state index contributed by atoms with van der Waals surface area (Å²) in [4.78, 5) is 6.64. The zero-order valence-electron chi connectivity index (χ0n) is 14.3. The Morgan fingerprint density at radius 1 is 0.960 bits per heavy atom. The Kier molecular flexibility index (Phi) is 4.38.